The Labute approximate surface area is 140 Å². The SMILES string of the molecule is CC1(C)CC(=O)C2=C(C1)O[C@@H](c1ccc(Cl)cc1)C(C#N)=C2N. The van der Waals surface area contributed by atoms with Crippen molar-refractivity contribution >= 4 is 17.4 Å². The summed E-state index contributed by atoms with van der Waals surface area (Å²) in [6.45, 7) is 4.05. The molecule has 1 heterocycles. The molecule has 0 bridgehead atoms. The lowest BCUT2D eigenvalue weighted by Gasteiger charge is -2.37. The van der Waals surface area contributed by atoms with Crippen LogP contribution in [0.5, 0.6) is 0 Å². The molecule has 5 heteroatoms. The molecule has 118 valence electrons. The molecule has 23 heavy (non-hydrogen) atoms. The summed E-state index contributed by atoms with van der Waals surface area (Å²) in [5, 5.41) is 10.1. The molecule has 0 spiro atoms. The number of rotatable bonds is 1. The minimum Gasteiger partial charge on any atom is -0.484 e. The van der Waals surface area contributed by atoms with E-state index in [1.807, 2.05) is 13.8 Å². The second-order valence-corrected chi connectivity index (χ2v) is 7.16. The number of hydrogen-bond acceptors (Lipinski definition) is 4. The normalized spacial score (nSPS) is 23.2. The third-order valence-corrected chi connectivity index (χ3v) is 4.46. The highest BCUT2D eigenvalue weighted by molar-refractivity contribution is 6.30. The van der Waals surface area contributed by atoms with Gasteiger partial charge in [-0.15, -0.1) is 0 Å². The molecule has 0 unspecified atom stereocenters. The highest BCUT2D eigenvalue weighted by Crippen LogP contribution is 2.45. The Balaban J connectivity index is 2.09. The maximum atomic E-state index is 12.4. The summed E-state index contributed by atoms with van der Waals surface area (Å²) < 4.78 is 6.05. The highest BCUT2D eigenvalue weighted by Gasteiger charge is 2.40. The van der Waals surface area contributed by atoms with Gasteiger partial charge in [0.25, 0.3) is 0 Å². The Morgan fingerprint density at radius 2 is 1.96 bits per heavy atom. The van der Waals surface area contributed by atoms with Crippen molar-refractivity contribution in [2.24, 2.45) is 11.1 Å². The van der Waals surface area contributed by atoms with E-state index in [2.05, 4.69) is 6.07 Å². The van der Waals surface area contributed by atoms with Gasteiger partial charge in [-0.1, -0.05) is 37.6 Å². The van der Waals surface area contributed by atoms with Crippen LogP contribution < -0.4 is 5.73 Å². The Kier molecular flexibility index (Phi) is 3.69. The highest BCUT2D eigenvalue weighted by atomic mass is 35.5. The van der Waals surface area contributed by atoms with Gasteiger partial charge < -0.3 is 10.5 Å². The van der Waals surface area contributed by atoms with E-state index >= 15 is 0 Å². The predicted molar refractivity (Wildman–Crippen MR) is 87.2 cm³/mol. The molecule has 0 saturated heterocycles. The molecule has 1 aliphatic heterocycles. The molecule has 0 fully saturated rings. The maximum absolute atomic E-state index is 12.4. The fraction of sp³-hybridized carbons (Fsp3) is 0.333. The zero-order valence-electron chi connectivity index (χ0n) is 13.0. The minimum atomic E-state index is -0.599. The van der Waals surface area contributed by atoms with Gasteiger partial charge in [0.1, 0.15) is 11.8 Å². The first-order chi connectivity index (χ1) is 10.8. The van der Waals surface area contributed by atoms with E-state index < -0.39 is 6.10 Å². The standard InChI is InChI=1S/C18H17ClN2O2/c1-18(2)7-13(22)15-14(8-18)23-17(12(9-20)16(15)21)10-3-5-11(19)6-4-10/h3-6,17H,7-8,21H2,1-2H3/t17-/m0/s1. The molecule has 4 nitrogen and oxygen atoms in total. The molecule has 0 amide bonds. The summed E-state index contributed by atoms with van der Waals surface area (Å²) in [4.78, 5) is 12.4. The van der Waals surface area contributed by atoms with Crippen LogP contribution in [-0.4, -0.2) is 5.78 Å². The van der Waals surface area contributed by atoms with Gasteiger partial charge in [0.2, 0.25) is 0 Å². The molecule has 1 aromatic carbocycles. The topological polar surface area (TPSA) is 76.1 Å². The number of benzene rings is 1. The van der Waals surface area contributed by atoms with Crippen LogP contribution in [0.25, 0.3) is 0 Å². The van der Waals surface area contributed by atoms with Crippen LogP contribution in [-0.2, 0) is 9.53 Å². The molecule has 1 aliphatic carbocycles. The number of Topliss-reactive ketones (excluding diaryl/α,β-unsaturated/α-hetero) is 1. The number of nitrogens with two attached hydrogens (primary N) is 1. The van der Waals surface area contributed by atoms with Gasteiger partial charge in [0.05, 0.1) is 16.8 Å². The Hall–Kier alpha value is -2.25. The number of allylic oxidation sites excluding steroid dienone is 2. The van der Waals surface area contributed by atoms with Gasteiger partial charge >= 0.3 is 0 Å². The number of ether oxygens (including phenoxy) is 1. The average Bonchev–Trinajstić information content (AvgIpc) is 2.45. The van der Waals surface area contributed by atoms with Crippen LogP contribution in [0.4, 0.5) is 0 Å². The molecular weight excluding hydrogens is 312 g/mol. The van der Waals surface area contributed by atoms with Crippen molar-refractivity contribution in [2.45, 2.75) is 32.8 Å². The van der Waals surface area contributed by atoms with Gasteiger partial charge in [-0.3, -0.25) is 4.79 Å². The average molecular weight is 329 g/mol. The molecule has 2 aliphatic rings. The van der Waals surface area contributed by atoms with E-state index in [-0.39, 0.29) is 22.5 Å². The monoisotopic (exact) mass is 328 g/mol. The van der Waals surface area contributed by atoms with Crippen LogP contribution in [0.15, 0.2) is 46.9 Å². The van der Waals surface area contributed by atoms with E-state index in [1.54, 1.807) is 24.3 Å². The quantitative estimate of drug-likeness (QED) is 0.850. The van der Waals surface area contributed by atoms with Gasteiger partial charge in [-0.05, 0) is 23.1 Å². The smallest absolute Gasteiger partial charge is 0.168 e. The van der Waals surface area contributed by atoms with Crippen molar-refractivity contribution in [1.82, 2.24) is 0 Å². The fourth-order valence-electron chi connectivity index (χ4n) is 3.13. The maximum Gasteiger partial charge on any atom is 0.168 e. The summed E-state index contributed by atoms with van der Waals surface area (Å²) in [5.41, 5.74) is 7.67. The Morgan fingerprint density at radius 3 is 2.57 bits per heavy atom. The van der Waals surface area contributed by atoms with Crippen LogP contribution >= 0.6 is 11.6 Å². The second kappa shape index (κ2) is 5.43. The summed E-state index contributed by atoms with van der Waals surface area (Å²) in [6.07, 6.45) is 0.426. The summed E-state index contributed by atoms with van der Waals surface area (Å²) in [7, 11) is 0. The van der Waals surface area contributed by atoms with Crippen molar-refractivity contribution in [1.29, 1.82) is 5.26 Å². The molecule has 1 atom stereocenters. The van der Waals surface area contributed by atoms with Gasteiger partial charge in [-0.2, -0.15) is 5.26 Å². The zero-order chi connectivity index (χ0) is 16.8. The van der Waals surface area contributed by atoms with E-state index in [4.69, 9.17) is 22.1 Å². The number of halogens is 1. The fourth-order valence-corrected chi connectivity index (χ4v) is 3.26. The molecule has 0 radical (unpaired) electrons. The van der Waals surface area contributed by atoms with E-state index in [9.17, 15) is 10.1 Å². The number of nitrogens with zero attached hydrogens (tertiary/aromatic N) is 1. The van der Waals surface area contributed by atoms with E-state index in [0.29, 0.717) is 29.2 Å². The Morgan fingerprint density at radius 1 is 1.30 bits per heavy atom. The van der Waals surface area contributed by atoms with Crippen molar-refractivity contribution in [3.05, 3.63) is 57.5 Å². The van der Waals surface area contributed by atoms with Crippen molar-refractivity contribution in [3.8, 4) is 6.07 Å². The molecule has 1 aromatic rings. The summed E-state index contributed by atoms with van der Waals surface area (Å²) in [5.74, 6) is 0.527. The van der Waals surface area contributed by atoms with Crippen molar-refractivity contribution in [2.75, 3.05) is 0 Å². The number of ketones is 1. The third kappa shape index (κ3) is 2.73. The van der Waals surface area contributed by atoms with E-state index in [1.165, 1.54) is 0 Å². The molecule has 3 rings (SSSR count). The van der Waals surface area contributed by atoms with E-state index in [0.717, 1.165) is 5.56 Å². The number of hydrogen-bond donors (Lipinski definition) is 1. The first-order valence-corrected chi connectivity index (χ1v) is 7.79. The van der Waals surface area contributed by atoms with Gasteiger partial charge in [-0.25, -0.2) is 0 Å². The first-order valence-electron chi connectivity index (χ1n) is 7.41. The van der Waals surface area contributed by atoms with Crippen LogP contribution in [0.3, 0.4) is 0 Å². The van der Waals surface area contributed by atoms with Crippen LogP contribution in [0.2, 0.25) is 5.02 Å². The lowest BCUT2D eigenvalue weighted by molar-refractivity contribution is -0.118. The van der Waals surface area contributed by atoms with Crippen molar-refractivity contribution in [3.63, 3.8) is 0 Å². The summed E-state index contributed by atoms with van der Waals surface area (Å²) in [6, 6.07) is 9.19. The molecule has 0 saturated carbocycles. The lowest BCUT2D eigenvalue weighted by atomic mass is 9.74. The van der Waals surface area contributed by atoms with Crippen LogP contribution in [0, 0.1) is 16.7 Å². The Bertz CT molecular complexity index is 782. The van der Waals surface area contributed by atoms with Crippen molar-refractivity contribution < 1.29 is 9.53 Å². The zero-order valence-corrected chi connectivity index (χ0v) is 13.8. The number of carbonyl (C=O) groups is 1. The number of nitriles is 1. The van der Waals surface area contributed by atoms with Gasteiger partial charge in [0.15, 0.2) is 11.9 Å². The van der Waals surface area contributed by atoms with Crippen LogP contribution in [0.1, 0.15) is 38.4 Å². The molecule has 2 N–H and O–H groups in total. The lowest BCUT2D eigenvalue weighted by Crippen LogP contribution is -2.33. The number of carbonyl (C=O) groups excluding carboxylic acids is 1. The second-order valence-electron chi connectivity index (χ2n) is 6.73. The largest absolute Gasteiger partial charge is 0.484 e. The summed E-state index contributed by atoms with van der Waals surface area (Å²) >= 11 is 5.92. The molecular formula is C18H17ClN2O2. The minimum absolute atomic E-state index is 0.0592. The molecule has 0 aromatic heterocycles. The predicted octanol–water partition coefficient (Wildman–Crippen LogP) is 3.79. The third-order valence-electron chi connectivity index (χ3n) is 4.21. The van der Waals surface area contributed by atoms with Gasteiger partial charge in [0, 0.05) is 17.9 Å². The first kappa shape index (κ1) is 15.6.